The van der Waals surface area contributed by atoms with Gasteiger partial charge in [-0.05, 0) is 69.0 Å². The standard InChI is InChI=1S/C21H32N2O3S/c24-15-17-5-10-22(11-6-17)21(25)20-4-3-19(27-20)18-2-1-9-23(18)14-16-7-12-26-13-8-16/h3-4,16-18,24H,1-2,5-15H2. The van der Waals surface area contributed by atoms with E-state index in [-0.39, 0.29) is 12.5 Å². The molecular formula is C21H32N2O3S. The molecular weight excluding hydrogens is 360 g/mol. The summed E-state index contributed by atoms with van der Waals surface area (Å²) in [6, 6.07) is 4.70. The van der Waals surface area contributed by atoms with Crippen LogP contribution in [0.15, 0.2) is 12.1 Å². The molecule has 0 radical (unpaired) electrons. The lowest BCUT2D eigenvalue weighted by atomic mass is 9.98. The summed E-state index contributed by atoms with van der Waals surface area (Å²) in [7, 11) is 0. The molecule has 1 aromatic rings. The zero-order valence-corrected chi connectivity index (χ0v) is 17.0. The van der Waals surface area contributed by atoms with Crippen molar-refractivity contribution in [2.24, 2.45) is 11.8 Å². The average Bonchev–Trinajstić information content (AvgIpc) is 3.37. The van der Waals surface area contributed by atoms with E-state index in [1.807, 2.05) is 11.0 Å². The molecule has 0 aromatic carbocycles. The Morgan fingerprint density at radius 3 is 2.59 bits per heavy atom. The molecule has 3 aliphatic heterocycles. The lowest BCUT2D eigenvalue weighted by Gasteiger charge is -2.31. The Labute approximate surface area is 166 Å². The fourth-order valence-electron chi connectivity index (χ4n) is 4.75. The van der Waals surface area contributed by atoms with Crippen molar-refractivity contribution in [2.45, 2.75) is 44.6 Å². The summed E-state index contributed by atoms with van der Waals surface area (Å²) in [5.41, 5.74) is 0. The summed E-state index contributed by atoms with van der Waals surface area (Å²) in [5.74, 6) is 1.30. The zero-order chi connectivity index (χ0) is 18.6. The van der Waals surface area contributed by atoms with Gasteiger partial charge >= 0.3 is 0 Å². The van der Waals surface area contributed by atoms with E-state index >= 15 is 0 Å². The Morgan fingerprint density at radius 2 is 1.85 bits per heavy atom. The van der Waals surface area contributed by atoms with E-state index < -0.39 is 0 Å². The van der Waals surface area contributed by atoms with Crippen LogP contribution < -0.4 is 0 Å². The van der Waals surface area contributed by atoms with E-state index in [1.54, 1.807) is 11.3 Å². The van der Waals surface area contributed by atoms with Crippen molar-refractivity contribution >= 4 is 17.2 Å². The van der Waals surface area contributed by atoms with Gasteiger partial charge in [0, 0.05) is 50.4 Å². The highest BCUT2D eigenvalue weighted by molar-refractivity contribution is 7.14. The number of rotatable bonds is 5. The van der Waals surface area contributed by atoms with Crippen LogP contribution in [0.3, 0.4) is 0 Å². The molecule has 5 nitrogen and oxygen atoms in total. The Hall–Kier alpha value is -0.950. The van der Waals surface area contributed by atoms with Gasteiger partial charge in [0.1, 0.15) is 0 Å². The van der Waals surface area contributed by atoms with Crippen LogP contribution in [-0.2, 0) is 4.74 Å². The van der Waals surface area contributed by atoms with Crippen LogP contribution in [0.5, 0.6) is 0 Å². The highest BCUT2D eigenvalue weighted by Crippen LogP contribution is 2.37. The number of carbonyl (C=O) groups excluding carboxylic acids is 1. The number of amides is 1. The SMILES string of the molecule is O=C(c1ccc(C2CCCN2CC2CCOCC2)s1)N1CCC(CO)CC1. The van der Waals surface area contributed by atoms with Crippen LogP contribution in [0.25, 0.3) is 0 Å². The molecule has 27 heavy (non-hydrogen) atoms. The van der Waals surface area contributed by atoms with Gasteiger partial charge in [-0.25, -0.2) is 0 Å². The number of nitrogens with zero attached hydrogens (tertiary/aromatic N) is 2. The van der Waals surface area contributed by atoms with Crippen LogP contribution >= 0.6 is 11.3 Å². The molecule has 150 valence electrons. The van der Waals surface area contributed by atoms with Crippen molar-refractivity contribution in [3.63, 3.8) is 0 Å². The predicted molar refractivity (Wildman–Crippen MR) is 107 cm³/mol. The fraction of sp³-hybridized carbons (Fsp3) is 0.762. The van der Waals surface area contributed by atoms with Crippen molar-refractivity contribution in [1.29, 1.82) is 0 Å². The lowest BCUT2D eigenvalue weighted by Crippen LogP contribution is -2.38. The minimum Gasteiger partial charge on any atom is -0.396 e. The number of aliphatic hydroxyl groups is 1. The highest BCUT2D eigenvalue weighted by Gasteiger charge is 2.31. The normalized spacial score (nSPS) is 26.0. The Morgan fingerprint density at radius 1 is 1.07 bits per heavy atom. The first-order valence-corrected chi connectivity index (χ1v) is 11.4. The Bertz CT molecular complexity index is 621. The number of ether oxygens (including phenoxy) is 1. The lowest BCUT2D eigenvalue weighted by molar-refractivity contribution is 0.0508. The molecule has 1 atom stereocenters. The molecule has 4 rings (SSSR count). The van der Waals surface area contributed by atoms with Crippen LogP contribution in [-0.4, -0.2) is 66.8 Å². The Balaban J connectivity index is 1.37. The average molecular weight is 393 g/mol. The number of aliphatic hydroxyl groups excluding tert-OH is 1. The quantitative estimate of drug-likeness (QED) is 0.836. The van der Waals surface area contributed by atoms with E-state index in [2.05, 4.69) is 11.0 Å². The molecule has 1 amide bonds. The first-order valence-electron chi connectivity index (χ1n) is 10.6. The number of likely N-dealkylation sites (tertiary alicyclic amines) is 2. The molecule has 1 N–H and O–H groups in total. The third-order valence-electron chi connectivity index (χ3n) is 6.52. The number of hydrogen-bond acceptors (Lipinski definition) is 5. The van der Waals surface area contributed by atoms with Crippen LogP contribution in [0, 0.1) is 11.8 Å². The summed E-state index contributed by atoms with van der Waals surface area (Å²) >= 11 is 1.70. The highest BCUT2D eigenvalue weighted by atomic mass is 32.1. The molecule has 0 bridgehead atoms. The predicted octanol–water partition coefficient (Wildman–Crippen LogP) is 3.16. The summed E-state index contributed by atoms with van der Waals surface area (Å²) in [6.45, 7) is 5.96. The van der Waals surface area contributed by atoms with Gasteiger partial charge in [-0.15, -0.1) is 11.3 Å². The summed E-state index contributed by atoms with van der Waals surface area (Å²) in [4.78, 5) is 19.7. The maximum atomic E-state index is 12.9. The summed E-state index contributed by atoms with van der Waals surface area (Å²) in [6.07, 6.45) is 6.66. The zero-order valence-electron chi connectivity index (χ0n) is 16.1. The first-order chi connectivity index (χ1) is 13.2. The summed E-state index contributed by atoms with van der Waals surface area (Å²) < 4.78 is 5.50. The Kier molecular flexibility index (Phi) is 6.48. The maximum Gasteiger partial charge on any atom is 0.263 e. The molecule has 1 unspecified atom stereocenters. The van der Waals surface area contributed by atoms with Gasteiger partial charge in [0.15, 0.2) is 0 Å². The van der Waals surface area contributed by atoms with Crippen molar-refractivity contribution in [2.75, 3.05) is 46.0 Å². The van der Waals surface area contributed by atoms with Crippen LogP contribution in [0.1, 0.15) is 59.1 Å². The molecule has 0 aliphatic carbocycles. The second kappa shape index (κ2) is 9.03. The second-order valence-electron chi connectivity index (χ2n) is 8.33. The van der Waals surface area contributed by atoms with E-state index in [0.717, 1.165) is 49.9 Å². The molecule has 0 saturated carbocycles. The van der Waals surface area contributed by atoms with Crippen molar-refractivity contribution in [3.05, 3.63) is 21.9 Å². The van der Waals surface area contributed by atoms with Gasteiger partial charge in [0.2, 0.25) is 0 Å². The second-order valence-corrected chi connectivity index (χ2v) is 9.44. The van der Waals surface area contributed by atoms with E-state index in [0.29, 0.717) is 12.0 Å². The summed E-state index contributed by atoms with van der Waals surface area (Å²) in [5, 5.41) is 9.29. The van der Waals surface area contributed by atoms with Crippen molar-refractivity contribution < 1.29 is 14.6 Å². The minimum absolute atomic E-state index is 0.177. The molecule has 0 spiro atoms. The largest absolute Gasteiger partial charge is 0.396 e. The van der Waals surface area contributed by atoms with E-state index in [9.17, 15) is 9.90 Å². The number of hydrogen-bond donors (Lipinski definition) is 1. The maximum absolute atomic E-state index is 12.9. The minimum atomic E-state index is 0.177. The molecule has 6 heteroatoms. The molecule has 4 heterocycles. The number of carbonyl (C=O) groups is 1. The molecule has 3 saturated heterocycles. The van der Waals surface area contributed by atoms with Gasteiger partial charge in [-0.3, -0.25) is 9.69 Å². The third-order valence-corrected chi connectivity index (χ3v) is 7.70. The third kappa shape index (κ3) is 4.56. The number of thiophene rings is 1. The van der Waals surface area contributed by atoms with Gasteiger partial charge in [0.05, 0.1) is 4.88 Å². The van der Waals surface area contributed by atoms with Crippen molar-refractivity contribution in [3.8, 4) is 0 Å². The fourth-order valence-corrected chi connectivity index (χ4v) is 5.89. The number of piperidine rings is 1. The van der Waals surface area contributed by atoms with E-state index in [4.69, 9.17) is 4.74 Å². The topological polar surface area (TPSA) is 53.0 Å². The van der Waals surface area contributed by atoms with Gasteiger partial charge in [0.25, 0.3) is 5.91 Å². The first kappa shape index (κ1) is 19.4. The molecule has 3 fully saturated rings. The van der Waals surface area contributed by atoms with Crippen molar-refractivity contribution in [1.82, 2.24) is 9.80 Å². The molecule has 3 aliphatic rings. The smallest absolute Gasteiger partial charge is 0.263 e. The molecule has 1 aromatic heterocycles. The van der Waals surface area contributed by atoms with Crippen LogP contribution in [0.2, 0.25) is 0 Å². The van der Waals surface area contributed by atoms with Gasteiger partial charge < -0.3 is 14.7 Å². The van der Waals surface area contributed by atoms with Crippen LogP contribution in [0.4, 0.5) is 0 Å². The van der Waals surface area contributed by atoms with Gasteiger partial charge in [-0.1, -0.05) is 0 Å². The monoisotopic (exact) mass is 392 g/mol. The van der Waals surface area contributed by atoms with E-state index in [1.165, 1.54) is 43.6 Å². The van der Waals surface area contributed by atoms with Gasteiger partial charge in [-0.2, -0.15) is 0 Å².